The van der Waals surface area contributed by atoms with Crippen LogP contribution in [0.25, 0.3) is 0 Å². The van der Waals surface area contributed by atoms with E-state index in [1.165, 1.54) is 0 Å². The van der Waals surface area contributed by atoms with Crippen LogP contribution in [0.2, 0.25) is 0 Å². The highest BCUT2D eigenvalue weighted by atomic mass is 16.6. The molecule has 0 aliphatic rings. The summed E-state index contributed by atoms with van der Waals surface area (Å²) in [5.74, 6) is 2.27. The van der Waals surface area contributed by atoms with Crippen LogP contribution in [0.5, 0.6) is 0 Å². The van der Waals surface area contributed by atoms with Gasteiger partial charge in [-0.25, -0.2) is 9.59 Å². The molecule has 0 fully saturated rings. The Morgan fingerprint density at radius 1 is 1.10 bits per heavy atom. The fraction of sp³-hybridized carbons (Fsp3) is 0.615. The molecule has 0 rings (SSSR count). The molecule has 0 aliphatic carbocycles. The predicted molar refractivity (Wildman–Crippen MR) is 69.3 cm³/mol. The highest BCUT2D eigenvalue weighted by Crippen LogP contribution is 2.16. The molecule has 0 saturated heterocycles. The van der Waals surface area contributed by atoms with E-state index in [4.69, 9.17) is 14.6 Å². The maximum atomic E-state index is 12.0. The Labute approximate surface area is 117 Å². The highest BCUT2D eigenvalue weighted by molar-refractivity contribution is 6.08. The lowest BCUT2D eigenvalue weighted by Crippen LogP contribution is -2.61. The van der Waals surface area contributed by atoms with Crippen LogP contribution in [0.3, 0.4) is 0 Å². The van der Waals surface area contributed by atoms with Crippen molar-refractivity contribution in [3.8, 4) is 11.8 Å². The molecule has 0 aliphatic heterocycles. The Hall–Kier alpha value is -2.07. The van der Waals surface area contributed by atoms with E-state index >= 15 is 0 Å². The minimum absolute atomic E-state index is 0.0347. The molecule has 0 heterocycles. The molecule has 0 radical (unpaired) electrons. The average molecular weight is 285 g/mol. The van der Waals surface area contributed by atoms with Gasteiger partial charge in [-0.2, -0.15) is 0 Å². The fourth-order valence-corrected chi connectivity index (χ4v) is 1.43. The predicted octanol–water partition coefficient (Wildman–Crippen LogP) is -0.627. The number of hydrogen-bond donors (Lipinski definition) is 2. The summed E-state index contributed by atoms with van der Waals surface area (Å²) in [5.41, 5.74) is -2.01. The summed E-state index contributed by atoms with van der Waals surface area (Å²) in [6, 6.07) is 0. The molecular formula is C13H19NO6. The third-order valence-corrected chi connectivity index (χ3v) is 2.19. The van der Waals surface area contributed by atoms with Crippen molar-refractivity contribution in [2.75, 3.05) is 19.8 Å². The van der Waals surface area contributed by atoms with Crippen LogP contribution in [0.4, 0.5) is 0 Å². The number of esters is 2. The van der Waals surface area contributed by atoms with Crippen LogP contribution in [-0.2, 0) is 23.9 Å². The van der Waals surface area contributed by atoms with Crippen molar-refractivity contribution in [3.05, 3.63) is 0 Å². The molecule has 2 N–H and O–H groups in total. The standard InChI is InChI=1S/C13H19NO6/c1-4-19-11(17)13(14-10(3)16,8-6-7-9-15)12(18)20-5-2/h15H,4-5,8-9H2,1-3H3,(H,14,16). The Bertz CT molecular complexity index is 402. The van der Waals surface area contributed by atoms with Gasteiger partial charge in [0.1, 0.15) is 6.61 Å². The van der Waals surface area contributed by atoms with Crippen molar-refractivity contribution in [2.24, 2.45) is 0 Å². The van der Waals surface area contributed by atoms with Crippen molar-refractivity contribution < 1.29 is 29.0 Å². The molecule has 0 aromatic rings. The van der Waals surface area contributed by atoms with Crippen molar-refractivity contribution in [1.29, 1.82) is 0 Å². The zero-order valence-electron chi connectivity index (χ0n) is 11.8. The van der Waals surface area contributed by atoms with E-state index < -0.39 is 30.0 Å². The number of carbonyl (C=O) groups is 3. The minimum Gasteiger partial charge on any atom is -0.464 e. The van der Waals surface area contributed by atoms with E-state index in [0.717, 1.165) is 6.92 Å². The van der Waals surface area contributed by atoms with E-state index in [1.54, 1.807) is 13.8 Å². The number of nitrogens with one attached hydrogen (secondary N) is 1. The largest absolute Gasteiger partial charge is 0.464 e. The SMILES string of the molecule is CCOC(=O)C(CC#CCO)(NC(C)=O)C(=O)OCC. The Morgan fingerprint density at radius 2 is 1.60 bits per heavy atom. The molecule has 0 aromatic heterocycles. The molecule has 0 atom stereocenters. The maximum absolute atomic E-state index is 12.0. The number of aliphatic hydroxyl groups is 1. The van der Waals surface area contributed by atoms with Crippen molar-refractivity contribution in [1.82, 2.24) is 5.32 Å². The van der Waals surface area contributed by atoms with E-state index in [-0.39, 0.29) is 19.6 Å². The van der Waals surface area contributed by atoms with Gasteiger partial charge in [0, 0.05) is 6.92 Å². The van der Waals surface area contributed by atoms with E-state index in [9.17, 15) is 14.4 Å². The molecular weight excluding hydrogens is 266 g/mol. The first-order valence-corrected chi connectivity index (χ1v) is 6.14. The molecule has 0 spiro atoms. The second-order valence-electron chi connectivity index (χ2n) is 3.72. The lowest BCUT2D eigenvalue weighted by atomic mass is 9.95. The quantitative estimate of drug-likeness (QED) is 0.383. The normalized spacial score (nSPS) is 10.0. The summed E-state index contributed by atoms with van der Waals surface area (Å²) in [6.07, 6.45) is -0.342. The summed E-state index contributed by atoms with van der Waals surface area (Å²) < 4.78 is 9.64. The Balaban J connectivity index is 5.54. The number of rotatable bonds is 6. The third-order valence-electron chi connectivity index (χ3n) is 2.19. The number of carbonyl (C=O) groups excluding carboxylic acids is 3. The molecule has 112 valence electrons. The van der Waals surface area contributed by atoms with Crippen LogP contribution < -0.4 is 5.32 Å². The summed E-state index contributed by atoms with van der Waals surface area (Å²) in [4.78, 5) is 35.4. The monoisotopic (exact) mass is 285 g/mol. The summed E-state index contributed by atoms with van der Waals surface area (Å²) in [5, 5.41) is 10.9. The smallest absolute Gasteiger partial charge is 0.344 e. The highest BCUT2D eigenvalue weighted by Gasteiger charge is 2.49. The number of aliphatic hydroxyl groups excluding tert-OH is 1. The van der Waals surface area contributed by atoms with Gasteiger partial charge in [-0.1, -0.05) is 11.8 Å². The number of ether oxygens (including phenoxy) is 2. The molecule has 0 aromatic carbocycles. The molecule has 0 unspecified atom stereocenters. The Morgan fingerprint density at radius 3 is 1.95 bits per heavy atom. The second kappa shape index (κ2) is 8.93. The zero-order chi connectivity index (χ0) is 15.6. The first-order valence-electron chi connectivity index (χ1n) is 6.14. The molecule has 0 saturated carbocycles. The van der Waals surface area contributed by atoms with Gasteiger partial charge in [0.05, 0.1) is 19.6 Å². The van der Waals surface area contributed by atoms with Crippen LogP contribution in [0.1, 0.15) is 27.2 Å². The number of hydrogen-bond acceptors (Lipinski definition) is 6. The van der Waals surface area contributed by atoms with E-state index in [2.05, 4.69) is 17.2 Å². The molecule has 0 bridgehead atoms. The number of amides is 1. The van der Waals surface area contributed by atoms with Gasteiger partial charge in [-0.15, -0.1) is 0 Å². The second-order valence-corrected chi connectivity index (χ2v) is 3.72. The minimum atomic E-state index is -2.01. The first-order chi connectivity index (χ1) is 9.44. The fourth-order valence-electron chi connectivity index (χ4n) is 1.43. The zero-order valence-corrected chi connectivity index (χ0v) is 11.8. The van der Waals surface area contributed by atoms with E-state index in [1.807, 2.05) is 0 Å². The van der Waals surface area contributed by atoms with Crippen LogP contribution in [-0.4, -0.2) is 48.3 Å². The van der Waals surface area contributed by atoms with Crippen molar-refractivity contribution in [2.45, 2.75) is 32.7 Å². The van der Waals surface area contributed by atoms with E-state index in [0.29, 0.717) is 0 Å². The average Bonchev–Trinajstić information content (AvgIpc) is 2.37. The van der Waals surface area contributed by atoms with Gasteiger partial charge in [0.15, 0.2) is 0 Å². The van der Waals surface area contributed by atoms with Crippen LogP contribution in [0, 0.1) is 11.8 Å². The van der Waals surface area contributed by atoms with Gasteiger partial charge >= 0.3 is 11.9 Å². The van der Waals surface area contributed by atoms with Crippen molar-refractivity contribution >= 4 is 17.8 Å². The van der Waals surface area contributed by atoms with Crippen molar-refractivity contribution in [3.63, 3.8) is 0 Å². The lowest BCUT2D eigenvalue weighted by molar-refractivity contribution is -0.167. The summed E-state index contributed by atoms with van der Waals surface area (Å²) >= 11 is 0. The van der Waals surface area contributed by atoms with Gasteiger partial charge in [0.25, 0.3) is 0 Å². The summed E-state index contributed by atoms with van der Waals surface area (Å²) in [7, 11) is 0. The molecule has 7 heteroatoms. The Kier molecular flexibility index (Phi) is 8.01. The third kappa shape index (κ3) is 4.90. The molecule has 20 heavy (non-hydrogen) atoms. The van der Waals surface area contributed by atoms with Crippen LogP contribution >= 0.6 is 0 Å². The van der Waals surface area contributed by atoms with Gasteiger partial charge in [-0.3, -0.25) is 4.79 Å². The van der Waals surface area contributed by atoms with Crippen LogP contribution in [0.15, 0.2) is 0 Å². The molecule has 1 amide bonds. The summed E-state index contributed by atoms with van der Waals surface area (Å²) in [6.45, 7) is 3.94. The van der Waals surface area contributed by atoms with Gasteiger partial charge in [0.2, 0.25) is 11.4 Å². The maximum Gasteiger partial charge on any atom is 0.344 e. The topological polar surface area (TPSA) is 102 Å². The lowest BCUT2D eigenvalue weighted by Gasteiger charge is -2.27. The molecule has 7 nitrogen and oxygen atoms in total. The first kappa shape index (κ1) is 17.9. The van der Waals surface area contributed by atoms with Gasteiger partial charge in [-0.05, 0) is 13.8 Å². The van der Waals surface area contributed by atoms with Gasteiger partial charge < -0.3 is 19.9 Å².